The van der Waals surface area contributed by atoms with Crippen molar-refractivity contribution in [3.8, 4) is 0 Å². The minimum absolute atomic E-state index is 0.0815. The zero-order valence-corrected chi connectivity index (χ0v) is 6.06. The van der Waals surface area contributed by atoms with E-state index in [1.807, 2.05) is 0 Å². The van der Waals surface area contributed by atoms with Crippen molar-refractivity contribution in [1.82, 2.24) is 4.90 Å². The van der Waals surface area contributed by atoms with E-state index >= 15 is 0 Å². The van der Waals surface area contributed by atoms with Crippen LogP contribution in [0.3, 0.4) is 0 Å². The Labute approximate surface area is 64.2 Å². The van der Waals surface area contributed by atoms with E-state index in [2.05, 4.69) is 0 Å². The number of amides is 1. The lowest BCUT2D eigenvalue weighted by molar-refractivity contribution is -0.128. The third kappa shape index (κ3) is 2.14. The lowest BCUT2D eigenvalue weighted by Crippen LogP contribution is -2.35. The Balaban J connectivity index is 2.30. The second kappa shape index (κ2) is 3.66. The Bertz CT molecular complexity index is 150. The quantitative estimate of drug-likeness (QED) is 0.510. The standard InChI is InChI=1S/C6H11NO4/c8-2-5(9)1-7-4-11-3-6(7)10/h5,8-9H,1-4H2. The molecule has 1 atom stereocenters. The molecule has 1 rings (SSSR count). The number of hydrogen-bond donors (Lipinski definition) is 2. The van der Waals surface area contributed by atoms with Crippen molar-refractivity contribution in [2.24, 2.45) is 0 Å². The highest BCUT2D eigenvalue weighted by molar-refractivity contribution is 5.78. The smallest absolute Gasteiger partial charge is 0.250 e. The van der Waals surface area contributed by atoms with Gasteiger partial charge in [0, 0.05) is 0 Å². The van der Waals surface area contributed by atoms with Gasteiger partial charge in [-0.25, -0.2) is 0 Å². The third-order valence-corrected chi connectivity index (χ3v) is 1.47. The van der Waals surface area contributed by atoms with Crippen LogP contribution in [-0.4, -0.2) is 53.6 Å². The Morgan fingerprint density at radius 2 is 2.45 bits per heavy atom. The van der Waals surface area contributed by atoms with Gasteiger partial charge in [-0.05, 0) is 0 Å². The number of rotatable bonds is 3. The van der Waals surface area contributed by atoms with E-state index in [4.69, 9.17) is 14.9 Å². The van der Waals surface area contributed by atoms with Crippen LogP contribution in [0.2, 0.25) is 0 Å². The molecule has 0 aromatic rings. The fourth-order valence-electron chi connectivity index (χ4n) is 0.873. The van der Waals surface area contributed by atoms with Gasteiger partial charge in [-0.15, -0.1) is 0 Å². The summed E-state index contributed by atoms with van der Waals surface area (Å²) < 4.78 is 4.80. The predicted octanol–water partition coefficient (Wildman–Crippen LogP) is -1.84. The van der Waals surface area contributed by atoms with Gasteiger partial charge in [0.2, 0.25) is 0 Å². The minimum atomic E-state index is -0.861. The molecule has 11 heavy (non-hydrogen) atoms. The largest absolute Gasteiger partial charge is 0.394 e. The molecule has 5 nitrogen and oxygen atoms in total. The highest BCUT2D eigenvalue weighted by atomic mass is 16.5. The molecule has 0 aliphatic carbocycles. The molecule has 1 fully saturated rings. The van der Waals surface area contributed by atoms with E-state index in [0.29, 0.717) is 0 Å². The van der Waals surface area contributed by atoms with Crippen LogP contribution in [0.4, 0.5) is 0 Å². The molecule has 1 amide bonds. The Morgan fingerprint density at radius 3 is 2.91 bits per heavy atom. The molecular weight excluding hydrogens is 150 g/mol. The molecule has 5 heteroatoms. The molecule has 1 heterocycles. The molecule has 1 saturated heterocycles. The van der Waals surface area contributed by atoms with Crippen molar-refractivity contribution >= 4 is 5.91 Å². The molecule has 64 valence electrons. The van der Waals surface area contributed by atoms with Crippen LogP contribution < -0.4 is 0 Å². The second-order valence-corrected chi connectivity index (χ2v) is 2.43. The van der Waals surface area contributed by atoms with Gasteiger partial charge in [-0.2, -0.15) is 0 Å². The van der Waals surface area contributed by atoms with Crippen LogP contribution in [0, 0.1) is 0 Å². The van der Waals surface area contributed by atoms with Crippen LogP contribution in [0.25, 0.3) is 0 Å². The normalized spacial score (nSPS) is 20.9. The maximum Gasteiger partial charge on any atom is 0.250 e. The molecule has 2 N–H and O–H groups in total. The van der Waals surface area contributed by atoms with Gasteiger partial charge in [0.1, 0.15) is 13.3 Å². The highest BCUT2D eigenvalue weighted by Crippen LogP contribution is 2.01. The van der Waals surface area contributed by atoms with Crippen LogP contribution in [0.15, 0.2) is 0 Å². The van der Waals surface area contributed by atoms with Gasteiger partial charge >= 0.3 is 0 Å². The summed E-state index contributed by atoms with van der Waals surface area (Å²) in [5, 5.41) is 17.4. The summed E-state index contributed by atoms with van der Waals surface area (Å²) in [6.45, 7) is 0.118. The first kappa shape index (κ1) is 8.45. The summed E-state index contributed by atoms with van der Waals surface area (Å²) >= 11 is 0. The maximum absolute atomic E-state index is 10.8. The number of aliphatic hydroxyl groups is 2. The van der Waals surface area contributed by atoms with Crippen molar-refractivity contribution in [1.29, 1.82) is 0 Å². The van der Waals surface area contributed by atoms with E-state index in [0.717, 1.165) is 0 Å². The molecule has 0 saturated carbocycles. The van der Waals surface area contributed by atoms with Gasteiger partial charge in [-0.3, -0.25) is 4.79 Å². The lowest BCUT2D eigenvalue weighted by Gasteiger charge is -2.16. The molecule has 0 bridgehead atoms. The number of ether oxygens (including phenoxy) is 1. The van der Waals surface area contributed by atoms with Crippen LogP contribution in [0.1, 0.15) is 0 Å². The Hall–Kier alpha value is -0.650. The summed E-state index contributed by atoms with van der Waals surface area (Å²) in [5.74, 6) is -0.141. The third-order valence-electron chi connectivity index (χ3n) is 1.47. The highest BCUT2D eigenvalue weighted by Gasteiger charge is 2.22. The minimum Gasteiger partial charge on any atom is -0.394 e. The SMILES string of the molecule is O=C1COCN1CC(O)CO. The van der Waals surface area contributed by atoms with Gasteiger partial charge in [0.25, 0.3) is 5.91 Å². The summed E-state index contributed by atoms with van der Waals surface area (Å²) in [6.07, 6.45) is -0.861. The lowest BCUT2D eigenvalue weighted by atomic mass is 10.3. The average Bonchev–Trinajstić information content (AvgIpc) is 2.37. The number of aliphatic hydroxyl groups excluding tert-OH is 2. The van der Waals surface area contributed by atoms with E-state index < -0.39 is 6.10 Å². The maximum atomic E-state index is 10.8. The van der Waals surface area contributed by atoms with E-state index in [-0.39, 0.29) is 32.4 Å². The van der Waals surface area contributed by atoms with Gasteiger partial charge < -0.3 is 19.8 Å². The molecule has 0 spiro atoms. The summed E-state index contributed by atoms with van der Waals surface area (Å²) in [6, 6.07) is 0. The van der Waals surface area contributed by atoms with E-state index in [1.54, 1.807) is 0 Å². The monoisotopic (exact) mass is 161 g/mol. The van der Waals surface area contributed by atoms with Crippen LogP contribution in [-0.2, 0) is 9.53 Å². The summed E-state index contributed by atoms with van der Waals surface area (Å²) in [4.78, 5) is 12.2. The van der Waals surface area contributed by atoms with Crippen molar-refractivity contribution in [3.63, 3.8) is 0 Å². The Morgan fingerprint density at radius 1 is 1.73 bits per heavy atom. The molecule has 0 aromatic heterocycles. The number of hydrogen-bond acceptors (Lipinski definition) is 4. The molecule has 1 aliphatic rings. The van der Waals surface area contributed by atoms with Crippen molar-refractivity contribution < 1.29 is 19.7 Å². The summed E-state index contributed by atoms with van der Waals surface area (Å²) in [7, 11) is 0. The predicted molar refractivity (Wildman–Crippen MR) is 35.6 cm³/mol. The average molecular weight is 161 g/mol. The molecule has 0 aromatic carbocycles. The molecule has 1 unspecified atom stereocenters. The first-order valence-corrected chi connectivity index (χ1v) is 3.38. The van der Waals surface area contributed by atoms with Crippen molar-refractivity contribution in [2.75, 3.05) is 26.5 Å². The number of nitrogens with zero attached hydrogens (tertiary/aromatic N) is 1. The number of carbonyl (C=O) groups excluding carboxylic acids is 1. The zero-order valence-electron chi connectivity index (χ0n) is 6.06. The molecule has 0 radical (unpaired) electrons. The topological polar surface area (TPSA) is 70.0 Å². The first-order valence-electron chi connectivity index (χ1n) is 3.38. The summed E-state index contributed by atoms with van der Waals surface area (Å²) in [5.41, 5.74) is 0. The second-order valence-electron chi connectivity index (χ2n) is 2.43. The van der Waals surface area contributed by atoms with Gasteiger partial charge in [0.05, 0.1) is 19.3 Å². The molecular formula is C6H11NO4. The van der Waals surface area contributed by atoms with Crippen LogP contribution in [0.5, 0.6) is 0 Å². The molecule has 1 aliphatic heterocycles. The van der Waals surface area contributed by atoms with E-state index in [9.17, 15) is 4.79 Å². The fourth-order valence-corrected chi connectivity index (χ4v) is 0.873. The van der Waals surface area contributed by atoms with Crippen LogP contribution >= 0.6 is 0 Å². The Kier molecular flexibility index (Phi) is 2.81. The zero-order chi connectivity index (χ0) is 8.27. The van der Waals surface area contributed by atoms with E-state index in [1.165, 1.54) is 4.90 Å². The van der Waals surface area contributed by atoms with Crippen molar-refractivity contribution in [3.05, 3.63) is 0 Å². The van der Waals surface area contributed by atoms with Gasteiger partial charge in [0.15, 0.2) is 0 Å². The number of carbonyl (C=O) groups is 1. The number of β-amino-alcohol motifs (C(OH)–C–C–N with tert-alkyl or cyclic N) is 1. The fraction of sp³-hybridized carbons (Fsp3) is 0.833. The van der Waals surface area contributed by atoms with Crippen molar-refractivity contribution in [2.45, 2.75) is 6.10 Å². The first-order chi connectivity index (χ1) is 5.24. The van der Waals surface area contributed by atoms with Gasteiger partial charge in [-0.1, -0.05) is 0 Å².